The molecule has 0 aliphatic carbocycles. The minimum atomic E-state index is 0.438. The molecule has 2 aromatic heterocycles. The van der Waals surface area contributed by atoms with E-state index in [1.807, 2.05) is 0 Å². The molecule has 0 radical (unpaired) electrons. The van der Waals surface area contributed by atoms with Gasteiger partial charge in [-0.25, -0.2) is 0 Å². The van der Waals surface area contributed by atoms with Gasteiger partial charge in [0.25, 0.3) is 0 Å². The Morgan fingerprint density at radius 1 is 1.40 bits per heavy atom. The number of halogens is 1. The summed E-state index contributed by atoms with van der Waals surface area (Å²) < 4.78 is 0. The maximum absolute atomic E-state index is 5.67. The van der Waals surface area contributed by atoms with Gasteiger partial charge in [-0.2, -0.15) is 15.4 Å². The van der Waals surface area contributed by atoms with E-state index in [1.165, 1.54) is 6.20 Å². The van der Waals surface area contributed by atoms with E-state index in [0.29, 0.717) is 16.2 Å². The molecule has 0 bridgehead atoms. The second kappa shape index (κ2) is 1.88. The smallest absolute Gasteiger partial charge is 0.195 e. The number of H-pyrrole nitrogens is 1. The molecule has 2 aromatic rings. The Morgan fingerprint density at radius 3 is 3.10 bits per heavy atom. The number of fused-ring (bicyclic) bond motifs is 1. The van der Waals surface area contributed by atoms with Crippen LogP contribution >= 0.6 is 11.6 Å². The van der Waals surface area contributed by atoms with Crippen LogP contribution in [0.5, 0.6) is 0 Å². The molecular formula is C4H2ClN5. The lowest BCUT2D eigenvalue weighted by Crippen LogP contribution is -1.81. The minimum Gasteiger partial charge on any atom is -0.195 e. The molecule has 0 spiro atoms. The number of hydrogen-bond acceptors (Lipinski definition) is 4. The first-order chi connectivity index (χ1) is 4.88. The summed E-state index contributed by atoms with van der Waals surface area (Å²) in [7, 11) is 0. The van der Waals surface area contributed by atoms with Crippen molar-refractivity contribution in [3.8, 4) is 0 Å². The summed E-state index contributed by atoms with van der Waals surface area (Å²) in [6, 6.07) is 0. The highest BCUT2D eigenvalue weighted by molar-refractivity contribution is 6.34. The normalized spacial score (nSPS) is 10.5. The first kappa shape index (κ1) is 5.55. The third-order valence-corrected chi connectivity index (χ3v) is 1.36. The molecule has 6 heteroatoms. The molecule has 0 saturated heterocycles. The maximum atomic E-state index is 5.67. The van der Waals surface area contributed by atoms with Crippen LogP contribution in [0.15, 0.2) is 6.20 Å². The first-order valence-corrected chi connectivity index (χ1v) is 2.93. The summed E-state index contributed by atoms with van der Waals surface area (Å²) in [5, 5.41) is 17.5. The number of aromatic nitrogens is 5. The summed E-state index contributed by atoms with van der Waals surface area (Å²) in [5.74, 6) is 0. The van der Waals surface area contributed by atoms with E-state index in [1.54, 1.807) is 0 Å². The lowest BCUT2D eigenvalue weighted by Gasteiger charge is -1.83. The Kier molecular flexibility index (Phi) is 1.04. The van der Waals surface area contributed by atoms with Crippen LogP contribution in [0.2, 0.25) is 5.02 Å². The summed E-state index contributed by atoms with van der Waals surface area (Å²) in [6.45, 7) is 0. The van der Waals surface area contributed by atoms with Crippen LogP contribution in [-0.4, -0.2) is 25.6 Å². The Bertz CT molecular complexity index is 355. The first-order valence-electron chi connectivity index (χ1n) is 2.55. The van der Waals surface area contributed by atoms with E-state index >= 15 is 0 Å². The molecule has 5 nitrogen and oxygen atoms in total. The van der Waals surface area contributed by atoms with Gasteiger partial charge in [0, 0.05) is 0 Å². The van der Waals surface area contributed by atoms with Crippen LogP contribution in [0.4, 0.5) is 0 Å². The zero-order valence-corrected chi connectivity index (χ0v) is 5.50. The van der Waals surface area contributed by atoms with Crippen molar-refractivity contribution >= 4 is 22.8 Å². The lowest BCUT2D eigenvalue weighted by molar-refractivity contribution is 0.946. The van der Waals surface area contributed by atoms with Crippen molar-refractivity contribution in [3.63, 3.8) is 0 Å². The molecule has 0 amide bonds. The van der Waals surface area contributed by atoms with Crippen molar-refractivity contribution in [2.45, 2.75) is 0 Å². The van der Waals surface area contributed by atoms with Crippen molar-refractivity contribution in [1.29, 1.82) is 0 Å². The Hall–Kier alpha value is -1.23. The lowest BCUT2D eigenvalue weighted by atomic mass is 10.5. The fourth-order valence-corrected chi connectivity index (χ4v) is 0.821. The highest BCUT2D eigenvalue weighted by Gasteiger charge is 2.02. The molecule has 0 unspecified atom stereocenters. The summed E-state index contributed by atoms with van der Waals surface area (Å²) in [6.07, 6.45) is 1.42. The van der Waals surface area contributed by atoms with Gasteiger partial charge < -0.3 is 0 Å². The van der Waals surface area contributed by atoms with Crippen molar-refractivity contribution < 1.29 is 0 Å². The van der Waals surface area contributed by atoms with E-state index in [4.69, 9.17) is 11.6 Å². The molecule has 2 rings (SSSR count). The average Bonchev–Trinajstić information content (AvgIpc) is 2.36. The van der Waals surface area contributed by atoms with E-state index in [2.05, 4.69) is 25.6 Å². The molecule has 1 N–H and O–H groups in total. The van der Waals surface area contributed by atoms with E-state index < -0.39 is 0 Å². The average molecular weight is 156 g/mol. The molecule has 2 heterocycles. The van der Waals surface area contributed by atoms with E-state index in [-0.39, 0.29) is 0 Å². The highest BCUT2D eigenvalue weighted by atomic mass is 35.5. The molecule has 50 valence electrons. The second-order valence-corrected chi connectivity index (χ2v) is 2.10. The molecule has 0 atom stereocenters. The van der Waals surface area contributed by atoms with Gasteiger partial charge in [0.2, 0.25) is 5.65 Å². The van der Waals surface area contributed by atoms with Gasteiger partial charge in [0.15, 0.2) is 5.52 Å². The SMILES string of the molecule is Clc1cnnc2n[nH]nc12. The zero-order valence-electron chi connectivity index (χ0n) is 4.74. The fourth-order valence-electron chi connectivity index (χ4n) is 0.651. The van der Waals surface area contributed by atoms with Gasteiger partial charge in [-0.3, -0.25) is 0 Å². The summed E-state index contributed by atoms with van der Waals surface area (Å²) in [5.41, 5.74) is 0.990. The number of nitrogens with one attached hydrogen (secondary N) is 1. The van der Waals surface area contributed by atoms with Gasteiger partial charge >= 0.3 is 0 Å². The van der Waals surface area contributed by atoms with Crippen LogP contribution in [0.3, 0.4) is 0 Å². The Balaban J connectivity index is 2.95. The molecule has 10 heavy (non-hydrogen) atoms. The predicted molar refractivity (Wildman–Crippen MR) is 34.5 cm³/mol. The third-order valence-electron chi connectivity index (χ3n) is 1.08. The molecule has 0 fully saturated rings. The summed E-state index contributed by atoms with van der Waals surface area (Å²) in [4.78, 5) is 0. The van der Waals surface area contributed by atoms with Crippen molar-refractivity contribution in [2.75, 3.05) is 0 Å². The molecule has 0 aromatic carbocycles. The number of hydrogen-bond donors (Lipinski definition) is 1. The zero-order chi connectivity index (χ0) is 6.97. The van der Waals surface area contributed by atoms with Crippen LogP contribution in [-0.2, 0) is 0 Å². The quantitative estimate of drug-likeness (QED) is 0.598. The molecule has 0 saturated carbocycles. The Morgan fingerprint density at radius 2 is 2.30 bits per heavy atom. The largest absolute Gasteiger partial charge is 0.224 e. The second-order valence-electron chi connectivity index (χ2n) is 1.69. The van der Waals surface area contributed by atoms with Crippen LogP contribution in [0.25, 0.3) is 11.2 Å². The van der Waals surface area contributed by atoms with Crippen molar-refractivity contribution in [1.82, 2.24) is 25.6 Å². The Labute approximate surface area is 60.4 Å². The summed E-state index contributed by atoms with van der Waals surface area (Å²) >= 11 is 5.67. The van der Waals surface area contributed by atoms with Gasteiger partial charge in [-0.15, -0.1) is 10.2 Å². The highest BCUT2D eigenvalue weighted by Crippen LogP contribution is 2.13. The molecular weight excluding hydrogens is 154 g/mol. The number of aromatic amines is 1. The molecule has 0 aliphatic heterocycles. The van der Waals surface area contributed by atoms with Crippen molar-refractivity contribution in [3.05, 3.63) is 11.2 Å². The predicted octanol–water partition coefficient (Wildman–Crippen LogP) is 0.401. The number of rotatable bonds is 0. The van der Waals surface area contributed by atoms with E-state index in [9.17, 15) is 0 Å². The monoisotopic (exact) mass is 155 g/mol. The third kappa shape index (κ3) is 0.640. The molecule has 0 aliphatic rings. The van der Waals surface area contributed by atoms with E-state index in [0.717, 1.165) is 0 Å². The van der Waals surface area contributed by atoms with Crippen LogP contribution in [0, 0.1) is 0 Å². The minimum absolute atomic E-state index is 0.438. The van der Waals surface area contributed by atoms with Gasteiger partial charge in [0.05, 0.1) is 11.2 Å². The van der Waals surface area contributed by atoms with Gasteiger partial charge in [-0.05, 0) is 0 Å². The number of nitrogens with zero attached hydrogens (tertiary/aromatic N) is 4. The van der Waals surface area contributed by atoms with Gasteiger partial charge in [0.1, 0.15) is 0 Å². The van der Waals surface area contributed by atoms with Crippen LogP contribution < -0.4 is 0 Å². The van der Waals surface area contributed by atoms with Crippen molar-refractivity contribution in [2.24, 2.45) is 0 Å². The standard InChI is InChI=1S/C4H2ClN5/c5-2-1-6-8-4-3(2)7-10-9-4/h1H,(H,7,8,9,10). The van der Waals surface area contributed by atoms with Crippen LogP contribution in [0.1, 0.15) is 0 Å². The topological polar surface area (TPSA) is 67.3 Å². The maximum Gasteiger partial charge on any atom is 0.224 e. The fraction of sp³-hybridized carbons (Fsp3) is 0. The van der Waals surface area contributed by atoms with Gasteiger partial charge in [-0.1, -0.05) is 11.6 Å².